The number of benzene rings is 1. The number of aliphatic hydroxyl groups is 1. The molecule has 0 bridgehead atoms. The highest BCUT2D eigenvalue weighted by molar-refractivity contribution is 5.50. The zero-order valence-corrected chi connectivity index (χ0v) is 10.4. The van der Waals surface area contributed by atoms with Crippen molar-refractivity contribution in [2.75, 3.05) is 0 Å². The molecule has 0 saturated heterocycles. The van der Waals surface area contributed by atoms with E-state index in [1.54, 1.807) is 0 Å². The summed E-state index contributed by atoms with van der Waals surface area (Å²) >= 11 is 0. The van der Waals surface area contributed by atoms with Crippen LogP contribution in [0.4, 0.5) is 0 Å². The predicted molar refractivity (Wildman–Crippen MR) is 67.4 cm³/mol. The lowest BCUT2D eigenvalue weighted by Gasteiger charge is -2.22. The Morgan fingerprint density at radius 1 is 1.24 bits per heavy atom. The van der Waals surface area contributed by atoms with E-state index in [9.17, 15) is 10.2 Å². The van der Waals surface area contributed by atoms with E-state index in [0.29, 0.717) is 12.2 Å². The minimum absolute atomic E-state index is 0.392. The molecule has 3 rings (SSSR count). The highest BCUT2D eigenvalue weighted by Gasteiger charge is 2.41. The number of hydrogen-bond acceptors (Lipinski definition) is 2. The standard InChI is InChI=1S/C15H20O2/c1-10-12-5-3-2-4-11(12)8-14(16)13(10)9-15(17)6-7-15/h8,16-17H,2-7,9H2,1H3. The number of aromatic hydroxyl groups is 1. The lowest BCUT2D eigenvalue weighted by Crippen LogP contribution is -2.14. The van der Waals surface area contributed by atoms with E-state index >= 15 is 0 Å². The zero-order valence-electron chi connectivity index (χ0n) is 10.4. The van der Waals surface area contributed by atoms with Crippen LogP contribution in [0, 0.1) is 6.92 Å². The van der Waals surface area contributed by atoms with Crippen LogP contribution in [0.1, 0.15) is 47.9 Å². The topological polar surface area (TPSA) is 40.5 Å². The van der Waals surface area contributed by atoms with Crippen molar-refractivity contribution < 1.29 is 10.2 Å². The summed E-state index contributed by atoms with van der Waals surface area (Å²) in [6.07, 6.45) is 7.09. The second kappa shape index (κ2) is 3.74. The zero-order chi connectivity index (χ0) is 12.0. The summed E-state index contributed by atoms with van der Waals surface area (Å²) in [5.74, 6) is 0.392. The van der Waals surface area contributed by atoms with Gasteiger partial charge in [0.2, 0.25) is 0 Å². The molecular weight excluding hydrogens is 212 g/mol. The summed E-state index contributed by atoms with van der Waals surface area (Å²) in [4.78, 5) is 0. The van der Waals surface area contributed by atoms with Gasteiger partial charge in [0.05, 0.1) is 5.60 Å². The number of hydrogen-bond donors (Lipinski definition) is 2. The lowest BCUT2D eigenvalue weighted by atomic mass is 9.84. The van der Waals surface area contributed by atoms with E-state index in [1.807, 2.05) is 6.07 Å². The maximum absolute atomic E-state index is 10.1. The number of phenolic OH excluding ortho intramolecular Hbond substituents is 1. The van der Waals surface area contributed by atoms with Gasteiger partial charge < -0.3 is 10.2 Å². The Morgan fingerprint density at radius 2 is 1.94 bits per heavy atom. The minimum Gasteiger partial charge on any atom is -0.508 e. The molecule has 17 heavy (non-hydrogen) atoms. The summed E-state index contributed by atoms with van der Waals surface area (Å²) in [6.45, 7) is 2.10. The molecular formula is C15H20O2. The van der Waals surface area contributed by atoms with Crippen LogP contribution in [0.3, 0.4) is 0 Å². The van der Waals surface area contributed by atoms with Crippen molar-refractivity contribution in [2.45, 2.75) is 57.5 Å². The van der Waals surface area contributed by atoms with E-state index in [-0.39, 0.29) is 0 Å². The van der Waals surface area contributed by atoms with Crippen LogP contribution in [0.5, 0.6) is 5.75 Å². The Balaban J connectivity index is 2.02. The van der Waals surface area contributed by atoms with Crippen molar-refractivity contribution in [1.29, 1.82) is 0 Å². The number of phenols is 1. The van der Waals surface area contributed by atoms with Crippen molar-refractivity contribution in [3.63, 3.8) is 0 Å². The van der Waals surface area contributed by atoms with Gasteiger partial charge in [0.25, 0.3) is 0 Å². The van der Waals surface area contributed by atoms with Crippen LogP contribution >= 0.6 is 0 Å². The summed E-state index contributed by atoms with van der Waals surface area (Å²) in [7, 11) is 0. The third-order valence-electron chi connectivity index (χ3n) is 4.37. The summed E-state index contributed by atoms with van der Waals surface area (Å²) in [5.41, 5.74) is 4.42. The molecule has 2 aliphatic carbocycles. The van der Waals surface area contributed by atoms with Crippen LogP contribution < -0.4 is 0 Å². The molecule has 2 heteroatoms. The van der Waals surface area contributed by atoms with Gasteiger partial charge in [-0.05, 0) is 73.8 Å². The molecule has 0 radical (unpaired) electrons. The monoisotopic (exact) mass is 232 g/mol. The van der Waals surface area contributed by atoms with Crippen molar-refractivity contribution in [3.8, 4) is 5.75 Å². The normalized spacial score (nSPS) is 21.1. The fraction of sp³-hybridized carbons (Fsp3) is 0.600. The molecule has 0 atom stereocenters. The Morgan fingerprint density at radius 3 is 2.65 bits per heavy atom. The maximum Gasteiger partial charge on any atom is 0.119 e. The molecule has 2 aliphatic rings. The van der Waals surface area contributed by atoms with E-state index in [2.05, 4.69) is 6.92 Å². The van der Waals surface area contributed by atoms with Crippen LogP contribution in [-0.4, -0.2) is 15.8 Å². The highest BCUT2D eigenvalue weighted by atomic mass is 16.3. The summed E-state index contributed by atoms with van der Waals surface area (Å²) < 4.78 is 0. The SMILES string of the molecule is Cc1c(CC2(O)CC2)c(O)cc2c1CCCC2. The van der Waals surface area contributed by atoms with Gasteiger partial charge in [-0.25, -0.2) is 0 Å². The Labute approximate surface area is 102 Å². The van der Waals surface area contributed by atoms with Crippen molar-refractivity contribution >= 4 is 0 Å². The summed E-state index contributed by atoms with van der Waals surface area (Å²) in [6, 6.07) is 1.93. The first-order chi connectivity index (χ1) is 8.09. The van der Waals surface area contributed by atoms with E-state index in [1.165, 1.54) is 29.5 Å². The van der Waals surface area contributed by atoms with Crippen molar-refractivity contribution in [3.05, 3.63) is 28.3 Å². The third-order valence-corrected chi connectivity index (χ3v) is 4.37. The van der Waals surface area contributed by atoms with Crippen LogP contribution in [-0.2, 0) is 19.3 Å². The molecule has 1 aromatic rings. The van der Waals surface area contributed by atoms with Crippen LogP contribution in [0.2, 0.25) is 0 Å². The Bertz CT molecular complexity index is 458. The van der Waals surface area contributed by atoms with Gasteiger partial charge in [0.1, 0.15) is 5.75 Å². The first kappa shape index (κ1) is 11.1. The molecule has 0 unspecified atom stereocenters. The van der Waals surface area contributed by atoms with E-state index in [4.69, 9.17) is 0 Å². The molecule has 1 aromatic carbocycles. The lowest BCUT2D eigenvalue weighted by molar-refractivity contribution is 0.149. The molecule has 0 spiro atoms. The van der Waals surface area contributed by atoms with Gasteiger partial charge in [-0.3, -0.25) is 0 Å². The quantitative estimate of drug-likeness (QED) is 0.823. The minimum atomic E-state index is -0.523. The molecule has 0 aromatic heterocycles. The number of rotatable bonds is 2. The molecule has 0 aliphatic heterocycles. The predicted octanol–water partition coefficient (Wildman–Crippen LogP) is 2.65. The van der Waals surface area contributed by atoms with Gasteiger partial charge in [0, 0.05) is 6.42 Å². The Kier molecular flexibility index (Phi) is 2.44. The van der Waals surface area contributed by atoms with Crippen molar-refractivity contribution in [1.82, 2.24) is 0 Å². The van der Waals surface area contributed by atoms with Gasteiger partial charge in [0.15, 0.2) is 0 Å². The Hall–Kier alpha value is -1.02. The molecule has 1 saturated carbocycles. The van der Waals surface area contributed by atoms with Gasteiger partial charge in [-0.15, -0.1) is 0 Å². The largest absolute Gasteiger partial charge is 0.508 e. The first-order valence-electron chi connectivity index (χ1n) is 6.65. The average Bonchev–Trinajstić information content (AvgIpc) is 3.03. The van der Waals surface area contributed by atoms with Gasteiger partial charge in [-0.1, -0.05) is 0 Å². The summed E-state index contributed by atoms with van der Waals surface area (Å²) in [5, 5.41) is 20.2. The molecule has 92 valence electrons. The number of fused-ring (bicyclic) bond motifs is 1. The third kappa shape index (κ3) is 1.95. The number of aryl methyl sites for hydroxylation is 1. The fourth-order valence-corrected chi connectivity index (χ4v) is 3.02. The second-order valence-corrected chi connectivity index (χ2v) is 5.75. The van der Waals surface area contributed by atoms with Gasteiger partial charge in [-0.2, -0.15) is 0 Å². The second-order valence-electron chi connectivity index (χ2n) is 5.75. The van der Waals surface area contributed by atoms with Gasteiger partial charge >= 0.3 is 0 Å². The molecule has 1 fully saturated rings. The van der Waals surface area contributed by atoms with Crippen molar-refractivity contribution in [2.24, 2.45) is 0 Å². The first-order valence-corrected chi connectivity index (χ1v) is 6.65. The van der Waals surface area contributed by atoms with Crippen LogP contribution in [0.15, 0.2) is 6.07 Å². The van der Waals surface area contributed by atoms with E-state index < -0.39 is 5.60 Å². The smallest absolute Gasteiger partial charge is 0.119 e. The maximum atomic E-state index is 10.1. The molecule has 2 N–H and O–H groups in total. The molecule has 0 amide bonds. The van der Waals surface area contributed by atoms with E-state index in [0.717, 1.165) is 31.2 Å². The molecule has 0 heterocycles. The molecule has 2 nitrogen and oxygen atoms in total. The fourth-order valence-electron chi connectivity index (χ4n) is 3.02. The average molecular weight is 232 g/mol. The van der Waals surface area contributed by atoms with Crippen LogP contribution in [0.25, 0.3) is 0 Å². The highest BCUT2D eigenvalue weighted by Crippen LogP contribution is 2.42.